The smallest absolute Gasteiger partial charge is 0.190 e. The third kappa shape index (κ3) is 7.56. The summed E-state index contributed by atoms with van der Waals surface area (Å²) in [5.74, 6) is 1.28. The van der Waals surface area contributed by atoms with Gasteiger partial charge in [0.05, 0.1) is 12.2 Å². The van der Waals surface area contributed by atoms with Crippen molar-refractivity contribution in [2.24, 2.45) is 10.9 Å². The number of rotatable bonds is 9. The van der Waals surface area contributed by atoms with E-state index in [4.69, 9.17) is 9.47 Å². The summed E-state index contributed by atoms with van der Waals surface area (Å²) in [6.45, 7) is 5.29. The van der Waals surface area contributed by atoms with Gasteiger partial charge in [-0.05, 0) is 30.9 Å². The van der Waals surface area contributed by atoms with Crippen LogP contribution in [0.3, 0.4) is 0 Å². The first-order chi connectivity index (χ1) is 14.3. The summed E-state index contributed by atoms with van der Waals surface area (Å²) in [6, 6.07) is 20.8. The van der Waals surface area contributed by atoms with Crippen LogP contribution in [0.15, 0.2) is 65.7 Å². The molecule has 3 unspecified atom stereocenters. The summed E-state index contributed by atoms with van der Waals surface area (Å²) in [5.41, 5.74) is 2.47. The molecule has 3 atom stereocenters. The van der Waals surface area contributed by atoms with E-state index in [9.17, 15) is 0 Å². The Morgan fingerprint density at radius 3 is 2.50 bits per heavy atom. The molecule has 2 aromatic carbocycles. The van der Waals surface area contributed by atoms with Crippen molar-refractivity contribution >= 4 is 29.9 Å². The van der Waals surface area contributed by atoms with Crippen molar-refractivity contribution in [1.82, 2.24) is 10.6 Å². The predicted octanol–water partition coefficient (Wildman–Crippen LogP) is 4.72. The Balaban J connectivity index is 0.00000320. The average molecular weight is 523 g/mol. The lowest BCUT2D eigenvalue weighted by atomic mass is 9.95. The molecule has 0 aromatic heterocycles. The Hall–Kier alpha value is -1.64. The minimum Gasteiger partial charge on any atom is -0.374 e. The quantitative estimate of drug-likeness (QED) is 0.216. The van der Waals surface area contributed by atoms with Gasteiger partial charge in [0.15, 0.2) is 5.96 Å². The number of nitrogens with one attached hydrogen (secondary N) is 2. The minimum atomic E-state index is 0. The molecule has 2 N–H and O–H groups in total. The highest BCUT2D eigenvalue weighted by atomic mass is 127. The second-order valence-corrected chi connectivity index (χ2v) is 7.41. The standard InChI is InChI=1S/C24H33N3O2.HI/c1-19(20-10-5-3-6-11-20)28-16-9-15-26-24(25-2)27-18-22-14-17-29-23(22)21-12-7-4-8-13-21;/h3-8,10-13,19,22-23H,9,14-18H2,1-2H3,(H2,25,26,27);1H. The van der Waals surface area contributed by atoms with Gasteiger partial charge in [-0.1, -0.05) is 60.7 Å². The van der Waals surface area contributed by atoms with Crippen LogP contribution in [-0.4, -0.2) is 39.3 Å². The monoisotopic (exact) mass is 523 g/mol. The summed E-state index contributed by atoms with van der Waals surface area (Å²) in [5, 5.41) is 6.83. The fraction of sp³-hybridized carbons (Fsp3) is 0.458. The van der Waals surface area contributed by atoms with Gasteiger partial charge in [0.1, 0.15) is 0 Å². The highest BCUT2D eigenvalue weighted by Gasteiger charge is 2.29. The Labute approximate surface area is 197 Å². The normalized spacial score (nSPS) is 19.7. The first-order valence-corrected chi connectivity index (χ1v) is 10.6. The third-order valence-electron chi connectivity index (χ3n) is 5.35. The van der Waals surface area contributed by atoms with Crippen LogP contribution in [0.5, 0.6) is 0 Å². The second kappa shape index (κ2) is 13.6. The van der Waals surface area contributed by atoms with Crippen molar-refractivity contribution in [2.75, 3.05) is 33.4 Å². The zero-order valence-electron chi connectivity index (χ0n) is 17.9. The molecule has 30 heavy (non-hydrogen) atoms. The van der Waals surface area contributed by atoms with E-state index in [1.165, 1.54) is 11.1 Å². The molecule has 1 aliphatic rings. The van der Waals surface area contributed by atoms with Crippen molar-refractivity contribution in [3.63, 3.8) is 0 Å². The molecular weight excluding hydrogens is 489 g/mol. The number of hydrogen-bond acceptors (Lipinski definition) is 3. The van der Waals surface area contributed by atoms with Gasteiger partial charge in [-0.25, -0.2) is 0 Å². The molecule has 5 nitrogen and oxygen atoms in total. The molecule has 0 radical (unpaired) electrons. The van der Waals surface area contributed by atoms with Crippen molar-refractivity contribution in [1.29, 1.82) is 0 Å². The van der Waals surface area contributed by atoms with Gasteiger partial charge >= 0.3 is 0 Å². The largest absolute Gasteiger partial charge is 0.374 e. The number of halogens is 1. The van der Waals surface area contributed by atoms with Crippen molar-refractivity contribution in [3.05, 3.63) is 71.8 Å². The molecule has 6 heteroatoms. The maximum Gasteiger partial charge on any atom is 0.190 e. The average Bonchev–Trinajstić information content (AvgIpc) is 3.25. The first kappa shape index (κ1) is 24.6. The van der Waals surface area contributed by atoms with Gasteiger partial charge in [-0.2, -0.15) is 0 Å². The van der Waals surface area contributed by atoms with Gasteiger partial charge in [-0.15, -0.1) is 24.0 Å². The molecule has 164 valence electrons. The van der Waals surface area contributed by atoms with Crippen LogP contribution in [-0.2, 0) is 9.47 Å². The summed E-state index contributed by atoms with van der Waals surface area (Å²) in [6.07, 6.45) is 2.27. The summed E-state index contributed by atoms with van der Waals surface area (Å²) in [4.78, 5) is 4.34. The van der Waals surface area contributed by atoms with Gasteiger partial charge in [0.2, 0.25) is 0 Å². The maximum atomic E-state index is 5.97. The Morgan fingerprint density at radius 1 is 1.10 bits per heavy atom. The van der Waals surface area contributed by atoms with E-state index in [-0.39, 0.29) is 36.2 Å². The van der Waals surface area contributed by atoms with Crippen LogP contribution in [0, 0.1) is 5.92 Å². The Morgan fingerprint density at radius 2 is 1.80 bits per heavy atom. The second-order valence-electron chi connectivity index (χ2n) is 7.41. The van der Waals surface area contributed by atoms with Crippen LogP contribution in [0.4, 0.5) is 0 Å². The lowest BCUT2D eigenvalue weighted by molar-refractivity contribution is 0.0646. The lowest BCUT2D eigenvalue weighted by Crippen LogP contribution is -2.40. The molecule has 0 aliphatic carbocycles. The van der Waals surface area contributed by atoms with E-state index in [1.54, 1.807) is 0 Å². The third-order valence-corrected chi connectivity index (χ3v) is 5.35. The Kier molecular flexibility index (Phi) is 11.2. The molecule has 3 rings (SSSR count). The number of aliphatic imine (C=N–C) groups is 1. The molecule has 0 spiro atoms. The van der Waals surface area contributed by atoms with Crippen LogP contribution < -0.4 is 10.6 Å². The molecule has 2 aromatic rings. The Bertz CT molecular complexity index is 743. The highest BCUT2D eigenvalue weighted by Crippen LogP contribution is 2.33. The van der Waals surface area contributed by atoms with Gasteiger partial charge in [0.25, 0.3) is 0 Å². The summed E-state index contributed by atoms with van der Waals surface area (Å²) in [7, 11) is 1.81. The van der Waals surface area contributed by atoms with Crippen molar-refractivity contribution < 1.29 is 9.47 Å². The van der Waals surface area contributed by atoms with Crippen LogP contribution >= 0.6 is 24.0 Å². The highest BCUT2D eigenvalue weighted by molar-refractivity contribution is 14.0. The molecule has 0 saturated carbocycles. The van der Waals surface area contributed by atoms with E-state index in [2.05, 4.69) is 58.9 Å². The van der Waals surface area contributed by atoms with Crippen molar-refractivity contribution in [3.8, 4) is 0 Å². The lowest BCUT2D eigenvalue weighted by Gasteiger charge is -2.21. The summed E-state index contributed by atoms with van der Waals surface area (Å²) >= 11 is 0. The van der Waals surface area contributed by atoms with Crippen LogP contribution in [0.2, 0.25) is 0 Å². The topological polar surface area (TPSA) is 54.9 Å². The van der Waals surface area contributed by atoms with Gasteiger partial charge < -0.3 is 20.1 Å². The summed E-state index contributed by atoms with van der Waals surface area (Å²) < 4.78 is 11.9. The number of benzene rings is 2. The molecular formula is C24H34IN3O2. The first-order valence-electron chi connectivity index (χ1n) is 10.6. The van der Waals surface area contributed by atoms with E-state index in [1.807, 2.05) is 31.3 Å². The van der Waals surface area contributed by atoms with E-state index in [0.29, 0.717) is 12.5 Å². The molecule has 1 aliphatic heterocycles. The molecule has 1 fully saturated rings. The fourth-order valence-corrected chi connectivity index (χ4v) is 3.66. The zero-order valence-corrected chi connectivity index (χ0v) is 20.3. The SMILES string of the molecule is CN=C(NCCCOC(C)c1ccccc1)NCC1CCOC1c1ccccc1.I. The van der Waals surface area contributed by atoms with Gasteiger partial charge in [0, 0.05) is 39.3 Å². The van der Waals surface area contributed by atoms with E-state index < -0.39 is 0 Å². The molecule has 1 saturated heterocycles. The number of ether oxygens (including phenoxy) is 2. The van der Waals surface area contributed by atoms with Crippen LogP contribution in [0.25, 0.3) is 0 Å². The molecule has 0 amide bonds. The van der Waals surface area contributed by atoms with Crippen molar-refractivity contribution in [2.45, 2.75) is 32.0 Å². The number of nitrogens with zero attached hydrogens (tertiary/aromatic N) is 1. The zero-order chi connectivity index (χ0) is 20.3. The predicted molar refractivity (Wildman–Crippen MR) is 133 cm³/mol. The van der Waals surface area contributed by atoms with E-state index >= 15 is 0 Å². The minimum absolute atomic E-state index is 0. The van der Waals surface area contributed by atoms with Gasteiger partial charge in [-0.3, -0.25) is 4.99 Å². The van der Waals surface area contributed by atoms with Crippen LogP contribution in [0.1, 0.15) is 43.1 Å². The molecule has 1 heterocycles. The maximum absolute atomic E-state index is 5.97. The fourth-order valence-electron chi connectivity index (χ4n) is 3.66. The van der Waals surface area contributed by atoms with E-state index in [0.717, 1.165) is 38.5 Å². The number of hydrogen-bond donors (Lipinski definition) is 2. The number of guanidine groups is 1. The molecule has 0 bridgehead atoms.